The molecule has 4 aromatic rings. The molecule has 0 bridgehead atoms. The predicted octanol–water partition coefficient (Wildman–Crippen LogP) is 12.5. The Morgan fingerprint density at radius 2 is 1.49 bits per heavy atom. The lowest BCUT2D eigenvalue weighted by Gasteiger charge is -2.28. The summed E-state index contributed by atoms with van der Waals surface area (Å²) in [6.45, 7) is 20.8. The average molecular weight is 737 g/mol. The quantitative estimate of drug-likeness (QED) is 0.0590. The monoisotopic (exact) mass is 736 g/mol. The van der Waals surface area contributed by atoms with Gasteiger partial charge in [-0.05, 0) is 127 Å². The smallest absolute Gasteiger partial charge is 0.176 e. The van der Waals surface area contributed by atoms with Crippen molar-refractivity contribution in [3.05, 3.63) is 140 Å². The molecule has 3 nitrogen and oxygen atoms in total. The topological polar surface area (TPSA) is 23.6 Å². The predicted molar refractivity (Wildman–Crippen MR) is 211 cm³/mol. The third-order valence-corrected chi connectivity index (χ3v) is 10.5. The first-order valence-corrected chi connectivity index (χ1v) is 18.5. The lowest BCUT2D eigenvalue weighted by atomic mass is 9.84. The Morgan fingerprint density at radius 1 is 0.863 bits per heavy atom. The van der Waals surface area contributed by atoms with E-state index in [1.54, 1.807) is 18.2 Å². The molecule has 0 fully saturated rings. The molecule has 8 heteroatoms. The van der Waals surface area contributed by atoms with Gasteiger partial charge in [0.15, 0.2) is 11.6 Å². The maximum absolute atomic E-state index is 14.6. The number of hydrogen-bond donors (Lipinski definition) is 0. The molecule has 0 aliphatic rings. The summed E-state index contributed by atoms with van der Waals surface area (Å²) in [6, 6.07) is 20.2. The zero-order valence-electron chi connectivity index (χ0n) is 31.5. The van der Waals surface area contributed by atoms with Crippen LogP contribution >= 0.6 is 23.5 Å². The zero-order valence-corrected chi connectivity index (χ0v) is 33.0. The maximum atomic E-state index is 14.6. The van der Waals surface area contributed by atoms with E-state index in [1.165, 1.54) is 30.5 Å². The molecule has 0 heterocycles. The van der Waals surface area contributed by atoms with Crippen LogP contribution in [0.2, 0.25) is 5.02 Å². The van der Waals surface area contributed by atoms with E-state index in [4.69, 9.17) is 11.6 Å². The number of halogens is 4. The number of aryl methyl sites for hydroxylation is 2. The molecule has 0 radical (unpaired) electrons. The van der Waals surface area contributed by atoms with Crippen LogP contribution in [0, 0.1) is 38.2 Å². The summed E-state index contributed by atoms with van der Waals surface area (Å²) in [6.07, 6.45) is 5.57. The van der Waals surface area contributed by atoms with E-state index in [1.807, 2.05) is 42.4 Å². The molecule has 0 aliphatic carbocycles. The van der Waals surface area contributed by atoms with Gasteiger partial charge >= 0.3 is 0 Å². The Balaban J connectivity index is 0.000000276. The van der Waals surface area contributed by atoms with E-state index >= 15 is 0 Å². The van der Waals surface area contributed by atoms with Crippen LogP contribution in [0.5, 0.6) is 0 Å². The van der Waals surface area contributed by atoms with Crippen molar-refractivity contribution in [2.24, 2.45) is 0 Å². The van der Waals surface area contributed by atoms with Crippen molar-refractivity contribution in [2.75, 3.05) is 11.9 Å². The summed E-state index contributed by atoms with van der Waals surface area (Å²) in [5, 5.41) is 0.611. The van der Waals surface area contributed by atoms with Gasteiger partial charge in [-0.1, -0.05) is 82.1 Å². The maximum Gasteiger partial charge on any atom is 0.176 e. The van der Waals surface area contributed by atoms with Gasteiger partial charge in [-0.3, -0.25) is 4.79 Å². The lowest BCUT2D eigenvalue weighted by molar-refractivity contribution is 0.112. The Bertz CT molecular complexity index is 1770. The normalized spacial score (nSPS) is 12.0. The average Bonchev–Trinajstić information content (AvgIpc) is 3.08. The molecule has 0 N–H and O–H groups in total. The summed E-state index contributed by atoms with van der Waals surface area (Å²) in [5.74, 6) is -2.88. The van der Waals surface area contributed by atoms with Crippen molar-refractivity contribution in [3.63, 3.8) is 0 Å². The van der Waals surface area contributed by atoms with Crippen LogP contribution in [0.4, 0.5) is 18.9 Å². The van der Waals surface area contributed by atoms with E-state index < -0.39 is 17.5 Å². The SMILES string of the molecule is C=CCC(C)N(Cc1ccc(Cl)cc1)Sc1c(F)c(C)c(C)c(F)c1F.CCCc1cc(CN(C)c2ccc(C=O)c(C)c2)cc(C(C)(C)C)c1. The molecule has 274 valence electrons. The molecule has 4 aromatic carbocycles. The highest BCUT2D eigenvalue weighted by Crippen LogP contribution is 2.36. The zero-order chi connectivity index (χ0) is 38.0. The minimum Gasteiger partial charge on any atom is -0.370 e. The van der Waals surface area contributed by atoms with Gasteiger partial charge in [-0.2, -0.15) is 0 Å². The molecule has 1 unspecified atom stereocenters. The molecule has 0 saturated heterocycles. The van der Waals surface area contributed by atoms with E-state index in [-0.39, 0.29) is 27.5 Å². The van der Waals surface area contributed by atoms with Gasteiger partial charge in [0.25, 0.3) is 0 Å². The molecule has 0 aliphatic heterocycles. The van der Waals surface area contributed by atoms with Gasteiger partial charge in [0.1, 0.15) is 12.1 Å². The number of anilines is 1. The Kier molecular flexibility index (Phi) is 15.5. The first-order chi connectivity index (χ1) is 24.0. The van der Waals surface area contributed by atoms with Crippen molar-refractivity contribution in [1.29, 1.82) is 0 Å². The molecular formula is C43H52ClF3N2OS. The summed E-state index contributed by atoms with van der Waals surface area (Å²) in [7, 11) is 2.11. The molecule has 0 amide bonds. The van der Waals surface area contributed by atoms with Gasteiger partial charge in [-0.25, -0.2) is 17.5 Å². The number of aldehydes is 1. The second kappa shape index (κ2) is 18.8. The minimum absolute atomic E-state index is 0.00672. The van der Waals surface area contributed by atoms with Crippen LogP contribution in [-0.2, 0) is 24.9 Å². The molecule has 51 heavy (non-hydrogen) atoms. The molecule has 0 aromatic heterocycles. The number of carbonyl (C=O) groups is 1. The van der Waals surface area contributed by atoms with E-state index in [0.717, 1.165) is 60.0 Å². The molecular weight excluding hydrogens is 685 g/mol. The highest BCUT2D eigenvalue weighted by Gasteiger charge is 2.25. The van der Waals surface area contributed by atoms with Crippen LogP contribution in [0.15, 0.2) is 78.2 Å². The largest absolute Gasteiger partial charge is 0.370 e. The first kappa shape index (κ1) is 41.9. The number of hydrogen-bond acceptors (Lipinski definition) is 4. The van der Waals surface area contributed by atoms with Gasteiger partial charge in [0, 0.05) is 42.5 Å². The fourth-order valence-corrected chi connectivity index (χ4v) is 6.82. The fourth-order valence-electron chi connectivity index (χ4n) is 5.58. The van der Waals surface area contributed by atoms with Crippen molar-refractivity contribution in [2.45, 2.75) is 104 Å². The van der Waals surface area contributed by atoms with E-state index in [2.05, 4.69) is 70.5 Å². The summed E-state index contributed by atoms with van der Waals surface area (Å²) in [4.78, 5) is 12.9. The van der Waals surface area contributed by atoms with Crippen LogP contribution in [-0.4, -0.2) is 23.7 Å². The van der Waals surface area contributed by atoms with Crippen molar-refractivity contribution in [1.82, 2.24) is 4.31 Å². The second-order valence-corrected chi connectivity index (χ2v) is 15.7. The lowest BCUT2D eigenvalue weighted by Crippen LogP contribution is -2.26. The first-order valence-electron chi connectivity index (χ1n) is 17.3. The Morgan fingerprint density at radius 3 is 2.06 bits per heavy atom. The van der Waals surface area contributed by atoms with Crippen LogP contribution < -0.4 is 4.90 Å². The van der Waals surface area contributed by atoms with Gasteiger partial charge in [-0.15, -0.1) is 6.58 Å². The second-order valence-electron chi connectivity index (χ2n) is 14.2. The van der Waals surface area contributed by atoms with Crippen molar-refractivity contribution >= 4 is 35.5 Å². The highest BCUT2D eigenvalue weighted by molar-refractivity contribution is 7.97. The summed E-state index contributed by atoms with van der Waals surface area (Å²) < 4.78 is 44.9. The molecule has 1 atom stereocenters. The number of benzene rings is 4. The Labute approximate surface area is 313 Å². The van der Waals surface area contributed by atoms with Crippen molar-refractivity contribution in [3.8, 4) is 0 Å². The van der Waals surface area contributed by atoms with Crippen LogP contribution in [0.1, 0.15) is 96.8 Å². The fraction of sp³-hybridized carbons (Fsp3) is 0.372. The third kappa shape index (κ3) is 11.5. The molecule has 0 spiro atoms. The van der Waals surface area contributed by atoms with Gasteiger partial charge < -0.3 is 4.90 Å². The summed E-state index contributed by atoms with van der Waals surface area (Å²) in [5.41, 5.74) is 8.28. The van der Waals surface area contributed by atoms with Crippen LogP contribution in [0.3, 0.4) is 0 Å². The van der Waals surface area contributed by atoms with E-state index in [0.29, 0.717) is 18.0 Å². The standard InChI is InChI=1S/C23H31NO.C20H21ClF3NS/c1-7-8-18-12-19(14-21(13-18)23(3,4)5)15-24(6)22-10-9-20(16-25)17(2)11-22;1-5-6-12(2)25(11-15-7-9-16(21)10-8-15)26-20-18(23)14(4)13(3)17(22)19(20)24/h9-14,16H,7-8,15H2,1-6H3;5,7-10,12H,1,6,11H2,2-4H3. The Hall–Kier alpha value is -3.52. The third-order valence-electron chi connectivity index (χ3n) is 8.97. The van der Waals surface area contributed by atoms with Crippen molar-refractivity contribution < 1.29 is 18.0 Å². The van der Waals surface area contributed by atoms with Gasteiger partial charge in [0.05, 0.1) is 4.90 Å². The molecule has 0 saturated carbocycles. The van der Waals surface area contributed by atoms with Crippen LogP contribution in [0.25, 0.3) is 0 Å². The molecule has 4 rings (SSSR count). The number of nitrogens with zero attached hydrogens (tertiary/aromatic N) is 2. The highest BCUT2D eigenvalue weighted by atomic mass is 35.5. The minimum atomic E-state index is -1.15. The van der Waals surface area contributed by atoms with E-state index in [9.17, 15) is 18.0 Å². The number of carbonyl (C=O) groups excluding carboxylic acids is 1. The van der Waals surface area contributed by atoms with Gasteiger partial charge in [0.2, 0.25) is 0 Å². The number of rotatable bonds is 13. The summed E-state index contributed by atoms with van der Waals surface area (Å²) >= 11 is 6.80.